The van der Waals surface area contributed by atoms with Gasteiger partial charge in [0.15, 0.2) is 0 Å². The molecule has 0 fully saturated rings. The third-order valence-electron chi connectivity index (χ3n) is 1.60. The van der Waals surface area contributed by atoms with Crippen molar-refractivity contribution in [2.45, 2.75) is 6.92 Å². The fourth-order valence-corrected chi connectivity index (χ4v) is 1.38. The molecule has 86 valence electrons. The van der Waals surface area contributed by atoms with Crippen molar-refractivity contribution >= 4 is 35.5 Å². The van der Waals surface area contributed by atoms with Gasteiger partial charge >= 0.3 is 6.09 Å². The van der Waals surface area contributed by atoms with E-state index in [0.29, 0.717) is 22.2 Å². The first-order valence-corrected chi connectivity index (χ1v) is 5.30. The van der Waals surface area contributed by atoms with Gasteiger partial charge in [-0.3, -0.25) is 0 Å². The van der Waals surface area contributed by atoms with Gasteiger partial charge in [-0.25, -0.2) is 10.2 Å². The Hall–Kier alpha value is -1.26. The lowest BCUT2D eigenvalue weighted by Crippen LogP contribution is -2.18. The fourth-order valence-electron chi connectivity index (χ4n) is 0.924. The SMILES string of the molecule is CCOC(=O)N/N=C/c1ccc(Cl)cc1Cl. The number of amides is 1. The number of carbonyl (C=O) groups excluding carboxylic acids is 1. The van der Waals surface area contributed by atoms with Crippen LogP contribution in [-0.4, -0.2) is 18.9 Å². The van der Waals surface area contributed by atoms with E-state index in [1.807, 2.05) is 0 Å². The molecule has 4 nitrogen and oxygen atoms in total. The summed E-state index contributed by atoms with van der Waals surface area (Å²) in [6.07, 6.45) is 0.805. The zero-order valence-electron chi connectivity index (χ0n) is 8.54. The van der Waals surface area contributed by atoms with E-state index in [2.05, 4.69) is 15.3 Å². The third kappa shape index (κ3) is 4.08. The van der Waals surface area contributed by atoms with E-state index in [0.717, 1.165) is 0 Å². The summed E-state index contributed by atoms with van der Waals surface area (Å²) in [5.41, 5.74) is 2.85. The molecule has 0 bridgehead atoms. The van der Waals surface area contributed by atoms with Crippen LogP contribution in [0, 0.1) is 0 Å². The number of benzene rings is 1. The molecule has 0 aromatic heterocycles. The van der Waals surface area contributed by atoms with Crippen LogP contribution in [-0.2, 0) is 4.74 Å². The van der Waals surface area contributed by atoms with E-state index in [1.165, 1.54) is 6.21 Å². The maximum atomic E-state index is 10.9. The highest BCUT2D eigenvalue weighted by molar-refractivity contribution is 6.36. The van der Waals surface area contributed by atoms with Crippen LogP contribution < -0.4 is 5.43 Å². The average Bonchev–Trinajstić information content (AvgIpc) is 2.22. The van der Waals surface area contributed by atoms with Gasteiger partial charge in [-0.2, -0.15) is 5.10 Å². The zero-order chi connectivity index (χ0) is 12.0. The molecule has 1 rings (SSSR count). The maximum absolute atomic E-state index is 10.9. The van der Waals surface area contributed by atoms with E-state index in [-0.39, 0.29) is 0 Å². The van der Waals surface area contributed by atoms with Crippen LogP contribution in [0.15, 0.2) is 23.3 Å². The number of hydrogen-bond donors (Lipinski definition) is 1. The van der Waals surface area contributed by atoms with Gasteiger partial charge in [0.05, 0.1) is 17.8 Å². The molecule has 1 amide bonds. The minimum absolute atomic E-state index is 0.295. The molecule has 1 aromatic rings. The Balaban J connectivity index is 2.59. The molecule has 0 unspecified atom stereocenters. The molecule has 6 heteroatoms. The number of hydrazone groups is 1. The molecule has 0 saturated heterocycles. The molecule has 1 aromatic carbocycles. The standard InChI is InChI=1S/C10H10Cl2N2O2/c1-2-16-10(15)14-13-6-7-3-4-8(11)5-9(7)12/h3-6H,2H2,1H3,(H,14,15)/b13-6+. The van der Waals surface area contributed by atoms with Crippen molar-refractivity contribution in [2.24, 2.45) is 5.10 Å². The maximum Gasteiger partial charge on any atom is 0.427 e. The van der Waals surface area contributed by atoms with Crippen LogP contribution in [0.1, 0.15) is 12.5 Å². The molecule has 0 aliphatic rings. The topological polar surface area (TPSA) is 50.7 Å². The Morgan fingerprint density at radius 1 is 1.56 bits per heavy atom. The minimum Gasteiger partial charge on any atom is -0.449 e. The highest BCUT2D eigenvalue weighted by Crippen LogP contribution is 2.19. The predicted molar refractivity (Wildman–Crippen MR) is 64.2 cm³/mol. The first kappa shape index (κ1) is 12.8. The number of halogens is 2. The highest BCUT2D eigenvalue weighted by Gasteiger charge is 1.99. The summed E-state index contributed by atoms with van der Waals surface area (Å²) in [6, 6.07) is 4.97. The van der Waals surface area contributed by atoms with E-state index in [9.17, 15) is 4.79 Å². The second-order valence-corrected chi connectivity index (χ2v) is 3.60. The molecule has 0 aliphatic carbocycles. The molecule has 0 aliphatic heterocycles. The highest BCUT2D eigenvalue weighted by atomic mass is 35.5. The van der Waals surface area contributed by atoms with Gasteiger partial charge in [-0.05, 0) is 19.1 Å². The van der Waals surface area contributed by atoms with E-state index in [4.69, 9.17) is 23.2 Å². The molecule has 16 heavy (non-hydrogen) atoms. The minimum atomic E-state index is -0.608. The van der Waals surface area contributed by atoms with Crippen molar-refractivity contribution in [3.05, 3.63) is 33.8 Å². The van der Waals surface area contributed by atoms with Gasteiger partial charge in [0.1, 0.15) is 0 Å². The van der Waals surface area contributed by atoms with Gasteiger partial charge in [0, 0.05) is 10.6 Å². The lowest BCUT2D eigenvalue weighted by Gasteiger charge is -2.00. The van der Waals surface area contributed by atoms with Gasteiger partial charge in [0.2, 0.25) is 0 Å². The van der Waals surface area contributed by atoms with Crippen LogP contribution in [0.25, 0.3) is 0 Å². The van der Waals surface area contributed by atoms with Gasteiger partial charge in [-0.1, -0.05) is 29.3 Å². The summed E-state index contributed by atoms with van der Waals surface area (Å²) in [4.78, 5) is 10.9. The van der Waals surface area contributed by atoms with Crippen LogP contribution in [0.3, 0.4) is 0 Å². The number of hydrogen-bond acceptors (Lipinski definition) is 3. The van der Waals surface area contributed by atoms with Crippen molar-refractivity contribution < 1.29 is 9.53 Å². The van der Waals surface area contributed by atoms with Crippen molar-refractivity contribution in [2.75, 3.05) is 6.61 Å². The van der Waals surface area contributed by atoms with E-state index < -0.39 is 6.09 Å². The number of rotatable bonds is 3. The Morgan fingerprint density at radius 3 is 2.94 bits per heavy atom. The van der Waals surface area contributed by atoms with Gasteiger partial charge < -0.3 is 4.74 Å². The Morgan fingerprint density at radius 2 is 2.31 bits per heavy atom. The molecule has 0 radical (unpaired) electrons. The first-order valence-electron chi connectivity index (χ1n) is 4.54. The monoisotopic (exact) mass is 260 g/mol. The van der Waals surface area contributed by atoms with Crippen molar-refractivity contribution in [1.29, 1.82) is 0 Å². The van der Waals surface area contributed by atoms with E-state index >= 15 is 0 Å². The summed E-state index contributed by atoms with van der Waals surface area (Å²) < 4.78 is 4.61. The summed E-state index contributed by atoms with van der Waals surface area (Å²) in [5, 5.41) is 4.68. The van der Waals surface area contributed by atoms with Crippen molar-refractivity contribution in [3.8, 4) is 0 Å². The van der Waals surface area contributed by atoms with Gasteiger partial charge in [-0.15, -0.1) is 0 Å². The van der Waals surface area contributed by atoms with Crippen LogP contribution in [0.5, 0.6) is 0 Å². The number of nitrogens with zero attached hydrogens (tertiary/aromatic N) is 1. The molecule has 0 heterocycles. The Labute approximate surface area is 103 Å². The molecule has 0 saturated carbocycles. The summed E-state index contributed by atoms with van der Waals surface area (Å²) in [6.45, 7) is 2.00. The summed E-state index contributed by atoms with van der Waals surface area (Å²) >= 11 is 11.6. The third-order valence-corrected chi connectivity index (χ3v) is 2.16. The quantitative estimate of drug-likeness (QED) is 0.671. The van der Waals surface area contributed by atoms with Crippen LogP contribution in [0.2, 0.25) is 10.0 Å². The molecule has 0 spiro atoms. The van der Waals surface area contributed by atoms with Crippen LogP contribution >= 0.6 is 23.2 Å². The van der Waals surface area contributed by atoms with Crippen molar-refractivity contribution in [3.63, 3.8) is 0 Å². The molecule has 0 atom stereocenters. The fraction of sp³-hybridized carbons (Fsp3) is 0.200. The first-order chi connectivity index (χ1) is 7.63. The predicted octanol–water partition coefficient (Wildman–Crippen LogP) is 3.07. The summed E-state index contributed by atoms with van der Waals surface area (Å²) in [5.74, 6) is 0. The van der Waals surface area contributed by atoms with Crippen LogP contribution in [0.4, 0.5) is 4.79 Å². The Kier molecular flexibility index (Phi) is 5.08. The smallest absolute Gasteiger partial charge is 0.427 e. The van der Waals surface area contributed by atoms with E-state index in [1.54, 1.807) is 25.1 Å². The second kappa shape index (κ2) is 6.35. The van der Waals surface area contributed by atoms with Crippen molar-refractivity contribution in [1.82, 2.24) is 5.43 Å². The molecular weight excluding hydrogens is 251 g/mol. The lowest BCUT2D eigenvalue weighted by atomic mass is 10.2. The Bertz CT molecular complexity index is 408. The average molecular weight is 261 g/mol. The lowest BCUT2D eigenvalue weighted by molar-refractivity contribution is 0.152. The zero-order valence-corrected chi connectivity index (χ0v) is 10.0. The second-order valence-electron chi connectivity index (χ2n) is 2.76. The molecule has 1 N–H and O–H groups in total. The van der Waals surface area contributed by atoms with Gasteiger partial charge in [0.25, 0.3) is 0 Å². The normalized spacial score (nSPS) is 10.4. The summed E-state index contributed by atoms with van der Waals surface area (Å²) in [7, 11) is 0. The number of ether oxygens (including phenoxy) is 1. The molecular formula is C10H10Cl2N2O2. The number of nitrogens with one attached hydrogen (secondary N) is 1. The largest absolute Gasteiger partial charge is 0.449 e. The number of carbonyl (C=O) groups is 1.